The third kappa shape index (κ3) is 3.61. The lowest BCUT2D eigenvalue weighted by Crippen LogP contribution is -2.13. The fourth-order valence-corrected chi connectivity index (χ4v) is 2.97. The van der Waals surface area contributed by atoms with Crippen molar-refractivity contribution in [3.8, 4) is 0 Å². The standard InChI is InChI=1S/C15H13Cl2NO3S/c1-9-8-10(22(2,20)21)6-7-13(9)18-15(19)11-4-3-5-12(16)14(11)17/h3-8H,1-2H3,(H,18,19). The van der Waals surface area contributed by atoms with Gasteiger partial charge in [-0.25, -0.2) is 8.42 Å². The maximum Gasteiger partial charge on any atom is 0.257 e. The van der Waals surface area contributed by atoms with E-state index in [1.54, 1.807) is 31.2 Å². The molecule has 1 N–H and O–H groups in total. The summed E-state index contributed by atoms with van der Waals surface area (Å²) in [6, 6.07) is 9.27. The first kappa shape index (κ1) is 16.8. The van der Waals surface area contributed by atoms with Crippen LogP contribution in [0.3, 0.4) is 0 Å². The Kier molecular flexibility index (Phi) is 4.80. The fraction of sp³-hybridized carbons (Fsp3) is 0.133. The zero-order valence-corrected chi connectivity index (χ0v) is 14.2. The first-order valence-electron chi connectivity index (χ1n) is 6.26. The van der Waals surface area contributed by atoms with Gasteiger partial charge in [0.1, 0.15) is 0 Å². The average molecular weight is 358 g/mol. The number of aryl methyl sites for hydroxylation is 1. The van der Waals surface area contributed by atoms with Gasteiger partial charge in [-0.2, -0.15) is 0 Å². The minimum Gasteiger partial charge on any atom is -0.322 e. The molecule has 0 aromatic heterocycles. The molecule has 1 amide bonds. The summed E-state index contributed by atoms with van der Waals surface area (Å²) < 4.78 is 23.0. The quantitative estimate of drug-likeness (QED) is 0.903. The lowest BCUT2D eigenvalue weighted by Gasteiger charge is -2.11. The van der Waals surface area contributed by atoms with Gasteiger partial charge in [0, 0.05) is 11.9 Å². The van der Waals surface area contributed by atoms with Gasteiger partial charge in [0.15, 0.2) is 9.84 Å². The summed E-state index contributed by atoms with van der Waals surface area (Å²) in [4.78, 5) is 12.4. The highest BCUT2D eigenvalue weighted by Gasteiger charge is 2.15. The zero-order valence-electron chi connectivity index (χ0n) is 11.9. The molecule has 0 heterocycles. The number of rotatable bonds is 3. The van der Waals surface area contributed by atoms with Gasteiger partial charge in [0.25, 0.3) is 5.91 Å². The molecular formula is C15H13Cl2NO3S. The Balaban J connectivity index is 2.31. The largest absolute Gasteiger partial charge is 0.322 e. The minimum absolute atomic E-state index is 0.173. The summed E-state index contributed by atoms with van der Waals surface area (Å²) in [6.07, 6.45) is 1.13. The number of sulfone groups is 1. The Hall–Kier alpha value is -1.56. The van der Waals surface area contributed by atoms with Gasteiger partial charge in [-0.1, -0.05) is 29.3 Å². The van der Waals surface area contributed by atoms with Crippen LogP contribution in [-0.4, -0.2) is 20.6 Å². The Morgan fingerprint density at radius 3 is 2.41 bits per heavy atom. The Morgan fingerprint density at radius 2 is 1.82 bits per heavy atom. The van der Waals surface area contributed by atoms with Crippen molar-refractivity contribution in [2.45, 2.75) is 11.8 Å². The molecule has 0 atom stereocenters. The highest BCUT2D eigenvalue weighted by Crippen LogP contribution is 2.27. The molecule has 0 aliphatic carbocycles. The first-order chi connectivity index (χ1) is 10.2. The van der Waals surface area contributed by atoms with Crippen LogP contribution in [0.25, 0.3) is 0 Å². The number of benzene rings is 2. The number of amides is 1. The van der Waals surface area contributed by atoms with E-state index in [0.29, 0.717) is 16.3 Å². The molecule has 0 aliphatic heterocycles. The topological polar surface area (TPSA) is 63.2 Å². The SMILES string of the molecule is Cc1cc(S(C)(=O)=O)ccc1NC(=O)c1cccc(Cl)c1Cl. The van der Waals surface area contributed by atoms with Crippen molar-refractivity contribution in [1.29, 1.82) is 0 Å². The van der Waals surface area contributed by atoms with Crippen molar-refractivity contribution in [2.24, 2.45) is 0 Å². The molecule has 0 radical (unpaired) electrons. The predicted octanol–water partition coefficient (Wildman–Crippen LogP) is 3.96. The van der Waals surface area contributed by atoms with Gasteiger partial charge in [0.05, 0.1) is 20.5 Å². The second kappa shape index (κ2) is 6.28. The molecule has 0 unspecified atom stereocenters. The molecule has 2 aromatic carbocycles. The average Bonchev–Trinajstić information content (AvgIpc) is 2.42. The maximum absolute atomic E-state index is 12.2. The summed E-state index contributed by atoms with van der Waals surface area (Å²) in [5.41, 5.74) is 1.39. The van der Waals surface area contributed by atoms with Gasteiger partial charge in [-0.15, -0.1) is 0 Å². The van der Waals surface area contributed by atoms with Crippen LogP contribution in [0.2, 0.25) is 10.0 Å². The van der Waals surface area contributed by atoms with Crippen LogP contribution in [0, 0.1) is 6.92 Å². The van der Waals surface area contributed by atoms with E-state index in [-0.39, 0.29) is 15.5 Å². The lowest BCUT2D eigenvalue weighted by atomic mass is 10.1. The number of anilines is 1. The molecular weight excluding hydrogens is 345 g/mol. The molecule has 2 aromatic rings. The van der Waals surface area contributed by atoms with Gasteiger partial charge < -0.3 is 5.32 Å². The van der Waals surface area contributed by atoms with Crippen LogP contribution < -0.4 is 5.32 Å². The van der Waals surface area contributed by atoms with E-state index in [1.165, 1.54) is 12.1 Å². The Labute approximate surface area is 139 Å². The molecule has 0 spiro atoms. The molecule has 4 nitrogen and oxygen atoms in total. The van der Waals surface area contributed by atoms with E-state index < -0.39 is 15.7 Å². The molecule has 116 valence electrons. The second-order valence-electron chi connectivity index (χ2n) is 4.80. The highest BCUT2D eigenvalue weighted by molar-refractivity contribution is 7.90. The van der Waals surface area contributed by atoms with E-state index >= 15 is 0 Å². The van der Waals surface area contributed by atoms with Crippen molar-refractivity contribution >= 4 is 44.6 Å². The van der Waals surface area contributed by atoms with Crippen molar-refractivity contribution in [3.05, 3.63) is 57.6 Å². The molecule has 0 aliphatic rings. The molecule has 22 heavy (non-hydrogen) atoms. The molecule has 0 fully saturated rings. The highest BCUT2D eigenvalue weighted by atomic mass is 35.5. The van der Waals surface area contributed by atoms with E-state index in [4.69, 9.17) is 23.2 Å². The molecule has 0 saturated heterocycles. The van der Waals surface area contributed by atoms with Crippen LogP contribution in [-0.2, 0) is 9.84 Å². The zero-order chi connectivity index (χ0) is 16.5. The molecule has 2 rings (SSSR count). The summed E-state index contributed by atoms with van der Waals surface area (Å²) in [5.74, 6) is -0.414. The summed E-state index contributed by atoms with van der Waals surface area (Å²) >= 11 is 11.9. The second-order valence-corrected chi connectivity index (χ2v) is 7.61. The van der Waals surface area contributed by atoms with Crippen molar-refractivity contribution in [2.75, 3.05) is 11.6 Å². The number of hydrogen-bond acceptors (Lipinski definition) is 3. The smallest absolute Gasteiger partial charge is 0.257 e. The number of carbonyl (C=O) groups excluding carboxylic acids is 1. The maximum atomic E-state index is 12.2. The number of halogens is 2. The van der Waals surface area contributed by atoms with Crippen LogP contribution in [0.1, 0.15) is 15.9 Å². The van der Waals surface area contributed by atoms with Crippen LogP contribution >= 0.6 is 23.2 Å². The normalized spacial score (nSPS) is 11.3. The van der Waals surface area contributed by atoms with E-state index in [2.05, 4.69) is 5.32 Å². The number of hydrogen-bond donors (Lipinski definition) is 1. The number of carbonyl (C=O) groups is 1. The van der Waals surface area contributed by atoms with Crippen LogP contribution in [0.15, 0.2) is 41.3 Å². The van der Waals surface area contributed by atoms with E-state index in [0.717, 1.165) is 6.26 Å². The van der Waals surface area contributed by atoms with Crippen molar-refractivity contribution < 1.29 is 13.2 Å². The fourth-order valence-electron chi connectivity index (χ4n) is 1.88. The summed E-state index contributed by atoms with van der Waals surface area (Å²) in [5, 5.41) is 3.16. The van der Waals surface area contributed by atoms with Gasteiger partial charge >= 0.3 is 0 Å². The first-order valence-corrected chi connectivity index (χ1v) is 8.91. The van der Waals surface area contributed by atoms with Crippen LogP contribution in [0.4, 0.5) is 5.69 Å². The third-order valence-corrected chi connectivity index (χ3v) is 5.00. The molecule has 7 heteroatoms. The van der Waals surface area contributed by atoms with Crippen molar-refractivity contribution in [3.63, 3.8) is 0 Å². The Bertz CT molecular complexity index is 848. The monoisotopic (exact) mass is 357 g/mol. The van der Waals surface area contributed by atoms with Crippen molar-refractivity contribution in [1.82, 2.24) is 0 Å². The lowest BCUT2D eigenvalue weighted by molar-refractivity contribution is 0.102. The predicted molar refractivity (Wildman–Crippen MR) is 88.7 cm³/mol. The van der Waals surface area contributed by atoms with Crippen LogP contribution in [0.5, 0.6) is 0 Å². The third-order valence-electron chi connectivity index (χ3n) is 3.07. The number of nitrogens with one attached hydrogen (secondary N) is 1. The van der Waals surface area contributed by atoms with Gasteiger partial charge in [-0.05, 0) is 42.8 Å². The molecule has 0 bridgehead atoms. The summed E-state index contributed by atoms with van der Waals surface area (Å²) in [6.45, 7) is 1.71. The minimum atomic E-state index is -3.29. The Morgan fingerprint density at radius 1 is 1.14 bits per heavy atom. The summed E-state index contributed by atoms with van der Waals surface area (Å²) in [7, 11) is -3.29. The van der Waals surface area contributed by atoms with Gasteiger partial charge in [0.2, 0.25) is 0 Å². The molecule has 0 saturated carbocycles. The van der Waals surface area contributed by atoms with E-state index in [1.807, 2.05) is 0 Å². The van der Waals surface area contributed by atoms with Gasteiger partial charge in [-0.3, -0.25) is 4.79 Å². The van der Waals surface area contributed by atoms with E-state index in [9.17, 15) is 13.2 Å².